The Balaban J connectivity index is 1.68. The molecule has 1 amide bonds. The predicted octanol–water partition coefficient (Wildman–Crippen LogP) is 3.28. The van der Waals surface area contributed by atoms with Gasteiger partial charge < -0.3 is 14.5 Å². The average Bonchev–Trinajstić information content (AvgIpc) is 3.11. The summed E-state index contributed by atoms with van der Waals surface area (Å²) in [4.78, 5) is 16.2. The summed E-state index contributed by atoms with van der Waals surface area (Å²) in [6, 6.07) is 17.0. The lowest BCUT2D eigenvalue weighted by Crippen LogP contribution is -2.23. The highest BCUT2D eigenvalue weighted by atomic mass is 16.5. The number of carbonyl (C=O) groups is 1. The number of para-hydroxylation sites is 1. The molecule has 1 aromatic heterocycles. The van der Waals surface area contributed by atoms with Gasteiger partial charge in [0, 0.05) is 17.7 Å². The number of methoxy groups -OCH3 is 1. The number of rotatable bonds is 5. The highest BCUT2D eigenvalue weighted by Gasteiger charge is 2.14. The lowest BCUT2D eigenvalue weighted by molar-refractivity contribution is 0.0917. The average molecular weight is 308 g/mol. The van der Waals surface area contributed by atoms with Gasteiger partial charge in [0.1, 0.15) is 5.75 Å². The molecule has 3 aromatic rings. The minimum Gasteiger partial charge on any atom is -0.496 e. The van der Waals surface area contributed by atoms with E-state index in [0.717, 1.165) is 16.9 Å². The Morgan fingerprint density at radius 3 is 2.65 bits per heavy atom. The van der Waals surface area contributed by atoms with Gasteiger partial charge >= 0.3 is 5.91 Å². The maximum Gasteiger partial charge on any atom is 0.307 e. The lowest BCUT2D eigenvalue weighted by atomic mass is 10.2. The largest absolute Gasteiger partial charge is 0.496 e. The van der Waals surface area contributed by atoms with Crippen molar-refractivity contribution in [2.45, 2.75) is 6.54 Å². The summed E-state index contributed by atoms with van der Waals surface area (Å²) in [6.07, 6.45) is 1.55. The minimum absolute atomic E-state index is 0.0405. The number of nitrogens with zero attached hydrogens (tertiary/aromatic N) is 1. The normalized spacial score (nSPS) is 10.3. The molecule has 5 nitrogen and oxygen atoms in total. The molecule has 116 valence electrons. The number of amides is 1. The number of hydrogen-bond acceptors (Lipinski definition) is 4. The lowest BCUT2D eigenvalue weighted by Gasteiger charge is -2.08. The zero-order valence-corrected chi connectivity index (χ0v) is 12.7. The molecule has 0 saturated heterocycles. The van der Waals surface area contributed by atoms with Crippen molar-refractivity contribution in [2.75, 3.05) is 7.11 Å². The Bertz CT molecular complexity index is 797. The summed E-state index contributed by atoms with van der Waals surface area (Å²) in [6.45, 7) is 0.339. The molecule has 0 aliphatic carbocycles. The van der Waals surface area contributed by atoms with Crippen LogP contribution in [0.2, 0.25) is 0 Å². The molecular weight excluding hydrogens is 292 g/mol. The van der Waals surface area contributed by atoms with Crippen molar-refractivity contribution in [1.29, 1.82) is 0 Å². The van der Waals surface area contributed by atoms with Gasteiger partial charge in [-0.05, 0) is 6.07 Å². The van der Waals surface area contributed by atoms with Gasteiger partial charge in [0.2, 0.25) is 0 Å². The number of aromatic nitrogens is 1. The monoisotopic (exact) mass is 308 g/mol. The molecule has 0 bridgehead atoms. The van der Waals surface area contributed by atoms with Gasteiger partial charge in [0.25, 0.3) is 5.89 Å². The van der Waals surface area contributed by atoms with E-state index in [1.165, 1.54) is 0 Å². The van der Waals surface area contributed by atoms with Crippen molar-refractivity contribution >= 4 is 5.91 Å². The summed E-state index contributed by atoms with van der Waals surface area (Å²) in [5.74, 6) is 0.968. The van der Waals surface area contributed by atoms with Crippen LogP contribution < -0.4 is 10.1 Å². The second kappa shape index (κ2) is 6.79. The van der Waals surface area contributed by atoms with Crippen LogP contribution in [0.4, 0.5) is 0 Å². The van der Waals surface area contributed by atoms with Crippen molar-refractivity contribution in [3.8, 4) is 17.1 Å². The van der Waals surface area contributed by atoms with Crippen LogP contribution in [0.3, 0.4) is 0 Å². The molecule has 0 aliphatic heterocycles. The van der Waals surface area contributed by atoms with Crippen molar-refractivity contribution in [3.05, 3.63) is 72.2 Å². The van der Waals surface area contributed by atoms with E-state index in [1.54, 1.807) is 13.3 Å². The molecule has 1 N–H and O–H groups in total. The van der Waals surface area contributed by atoms with E-state index in [9.17, 15) is 4.79 Å². The number of oxazole rings is 1. The maximum atomic E-state index is 12.2. The number of ether oxygens (including phenoxy) is 1. The minimum atomic E-state index is -0.363. The molecule has 5 heteroatoms. The van der Waals surface area contributed by atoms with Gasteiger partial charge in [-0.25, -0.2) is 4.98 Å². The Kier molecular flexibility index (Phi) is 4.38. The Hall–Kier alpha value is -3.08. The van der Waals surface area contributed by atoms with E-state index in [0.29, 0.717) is 12.3 Å². The van der Waals surface area contributed by atoms with E-state index in [1.807, 2.05) is 54.6 Å². The van der Waals surface area contributed by atoms with Crippen LogP contribution in [0.1, 0.15) is 16.2 Å². The summed E-state index contributed by atoms with van der Waals surface area (Å²) >= 11 is 0. The zero-order chi connectivity index (χ0) is 16.1. The molecule has 0 unspecified atom stereocenters. The molecule has 3 rings (SSSR count). The molecule has 2 aromatic carbocycles. The van der Waals surface area contributed by atoms with Crippen LogP contribution in [0, 0.1) is 0 Å². The number of carbonyl (C=O) groups excluding carboxylic acids is 1. The molecule has 23 heavy (non-hydrogen) atoms. The molecule has 0 aliphatic rings. The summed E-state index contributed by atoms with van der Waals surface area (Å²) in [7, 11) is 1.60. The maximum absolute atomic E-state index is 12.2. The fraction of sp³-hybridized carbons (Fsp3) is 0.111. The van der Waals surface area contributed by atoms with E-state index >= 15 is 0 Å². The van der Waals surface area contributed by atoms with Gasteiger partial charge in [-0.2, -0.15) is 0 Å². The van der Waals surface area contributed by atoms with E-state index in [2.05, 4.69) is 10.3 Å². The van der Waals surface area contributed by atoms with Crippen LogP contribution in [-0.4, -0.2) is 18.0 Å². The first-order valence-electron chi connectivity index (χ1n) is 7.19. The van der Waals surface area contributed by atoms with Crippen molar-refractivity contribution in [3.63, 3.8) is 0 Å². The first-order chi connectivity index (χ1) is 11.3. The van der Waals surface area contributed by atoms with Crippen LogP contribution in [-0.2, 0) is 6.54 Å². The molecule has 1 heterocycles. The van der Waals surface area contributed by atoms with E-state index < -0.39 is 0 Å². The van der Waals surface area contributed by atoms with Crippen LogP contribution >= 0.6 is 0 Å². The Morgan fingerprint density at radius 1 is 1.13 bits per heavy atom. The predicted molar refractivity (Wildman–Crippen MR) is 86.1 cm³/mol. The van der Waals surface area contributed by atoms with Gasteiger partial charge in [-0.1, -0.05) is 48.5 Å². The summed E-state index contributed by atoms with van der Waals surface area (Å²) < 4.78 is 10.8. The second-order valence-corrected chi connectivity index (χ2v) is 4.89. The molecule has 0 atom stereocenters. The Labute approximate surface area is 133 Å². The topological polar surface area (TPSA) is 64.4 Å². The van der Waals surface area contributed by atoms with Gasteiger partial charge in [-0.3, -0.25) is 4.79 Å². The van der Waals surface area contributed by atoms with Crippen molar-refractivity contribution in [2.24, 2.45) is 0 Å². The first-order valence-corrected chi connectivity index (χ1v) is 7.19. The zero-order valence-electron chi connectivity index (χ0n) is 12.7. The third-order valence-electron chi connectivity index (χ3n) is 3.39. The van der Waals surface area contributed by atoms with E-state index in [4.69, 9.17) is 9.15 Å². The molecular formula is C18H16N2O3. The summed E-state index contributed by atoms with van der Waals surface area (Å²) in [5.41, 5.74) is 1.77. The molecule has 0 saturated carbocycles. The number of benzene rings is 2. The van der Waals surface area contributed by atoms with E-state index in [-0.39, 0.29) is 11.8 Å². The standard InChI is InChI=1S/C18H16N2O3/c1-22-15-10-6-5-9-14(15)11-19-17(21)18-20-12-16(23-18)13-7-3-2-4-8-13/h2-10,12H,11H2,1H3,(H,19,21). The number of hydrogen-bond donors (Lipinski definition) is 1. The molecule has 0 fully saturated rings. The first kappa shape index (κ1) is 14.8. The second-order valence-electron chi connectivity index (χ2n) is 4.89. The number of nitrogens with one attached hydrogen (secondary N) is 1. The van der Waals surface area contributed by atoms with Gasteiger partial charge in [0.15, 0.2) is 5.76 Å². The Morgan fingerprint density at radius 2 is 1.87 bits per heavy atom. The third kappa shape index (κ3) is 3.40. The highest BCUT2D eigenvalue weighted by Crippen LogP contribution is 2.20. The van der Waals surface area contributed by atoms with Gasteiger partial charge in [-0.15, -0.1) is 0 Å². The van der Waals surface area contributed by atoms with Crippen LogP contribution in [0.25, 0.3) is 11.3 Å². The van der Waals surface area contributed by atoms with Crippen molar-refractivity contribution < 1.29 is 13.9 Å². The quantitative estimate of drug-likeness (QED) is 0.785. The molecule has 0 spiro atoms. The molecule has 0 radical (unpaired) electrons. The fourth-order valence-corrected chi connectivity index (χ4v) is 2.22. The SMILES string of the molecule is COc1ccccc1CNC(=O)c1ncc(-c2ccccc2)o1. The summed E-state index contributed by atoms with van der Waals surface area (Å²) in [5, 5.41) is 2.78. The smallest absolute Gasteiger partial charge is 0.307 e. The third-order valence-corrected chi connectivity index (χ3v) is 3.39. The van der Waals surface area contributed by atoms with Crippen LogP contribution in [0.5, 0.6) is 5.75 Å². The van der Waals surface area contributed by atoms with Crippen molar-refractivity contribution in [1.82, 2.24) is 10.3 Å². The highest BCUT2D eigenvalue weighted by molar-refractivity contribution is 5.90. The van der Waals surface area contributed by atoms with Crippen LogP contribution in [0.15, 0.2) is 65.2 Å². The van der Waals surface area contributed by atoms with Gasteiger partial charge in [0.05, 0.1) is 13.3 Å². The fourth-order valence-electron chi connectivity index (χ4n) is 2.22.